The van der Waals surface area contributed by atoms with Gasteiger partial charge in [-0.15, -0.1) is 0 Å². The lowest BCUT2D eigenvalue weighted by molar-refractivity contribution is 0.0979. The zero-order chi connectivity index (χ0) is 15.7. The molecule has 5 nitrogen and oxygen atoms in total. The van der Waals surface area contributed by atoms with E-state index in [0.717, 1.165) is 11.4 Å². The molecule has 0 saturated heterocycles. The van der Waals surface area contributed by atoms with Crippen LogP contribution in [0.3, 0.4) is 0 Å². The minimum absolute atomic E-state index is 0.180. The molecule has 2 aromatic rings. The van der Waals surface area contributed by atoms with Crippen LogP contribution in [-0.4, -0.2) is 28.5 Å². The van der Waals surface area contributed by atoms with Crippen molar-refractivity contribution in [3.05, 3.63) is 47.5 Å². The Morgan fingerprint density at radius 2 is 2.18 bits per heavy atom. The number of benzene rings is 1. The highest BCUT2D eigenvalue weighted by atomic mass is 35.5. The molecule has 1 aromatic heterocycles. The molecule has 3 rings (SSSR count). The number of nitrogens with zero attached hydrogens (tertiary/aromatic N) is 3. The maximum Gasteiger partial charge on any atom is 0.278 e. The van der Waals surface area contributed by atoms with Gasteiger partial charge in [-0.05, 0) is 18.1 Å². The van der Waals surface area contributed by atoms with Crippen molar-refractivity contribution < 1.29 is 4.79 Å². The molecule has 2 heterocycles. The summed E-state index contributed by atoms with van der Waals surface area (Å²) in [5.41, 5.74) is 2.03. The number of hydrogen-bond donors (Lipinski definition) is 1. The van der Waals surface area contributed by atoms with Gasteiger partial charge >= 0.3 is 0 Å². The molecule has 0 fully saturated rings. The first-order chi connectivity index (χ1) is 10.6. The zero-order valence-electron chi connectivity index (χ0n) is 12.5. The summed E-state index contributed by atoms with van der Waals surface area (Å²) in [7, 11) is 0. The van der Waals surface area contributed by atoms with E-state index >= 15 is 0 Å². The molecular weight excluding hydrogens is 300 g/mol. The van der Waals surface area contributed by atoms with E-state index in [2.05, 4.69) is 29.1 Å². The highest BCUT2D eigenvalue weighted by Gasteiger charge is 2.31. The number of hydrogen-bond acceptors (Lipinski definition) is 4. The van der Waals surface area contributed by atoms with Gasteiger partial charge in [0.15, 0.2) is 5.69 Å². The lowest BCUT2D eigenvalue weighted by Crippen LogP contribution is -2.47. The average Bonchev–Trinajstić information content (AvgIpc) is 2.53. The summed E-state index contributed by atoms with van der Waals surface area (Å²) < 4.78 is 0. The fraction of sp³-hybridized carbons (Fsp3) is 0.312. The Morgan fingerprint density at radius 1 is 1.41 bits per heavy atom. The SMILES string of the molecule is CC(C)[C@@H]1CN(C(=O)c2ncncc2Cl)c2ccccc2N1. The first-order valence-electron chi connectivity index (χ1n) is 7.21. The highest BCUT2D eigenvalue weighted by molar-refractivity contribution is 6.34. The zero-order valence-corrected chi connectivity index (χ0v) is 13.2. The minimum atomic E-state index is -0.202. The third-order valence-electron chi connectivity index (χ3n) is 3.84. The lowest BCUT2D eigenvalue weighted by atomic mass is 9.99. The van der Waals surface area contributed by atoms with Crippen LogP contribution in [-0.2, 0) is 0 Å². The van der Waals surface area contributed by atoms with Crippen molar-refractivity contribution in [2.75, 3.05) is 16.8 Å². The van der Waals surface area contributed by atoms with Crippen LogP contribution < -0.4 is 10.2 Å². The predicted octanol–water partition coefficient (Wildman–Crippen LogP) is 3.23. The van der Waals surface area contributed by atoms with E-state index in [4.69, 9.17) is 11.6 Å². The van der Waals surface area contributed by atoms with Gasteiger partial charge in [-0.1, -0.05) is 37.6 Å². The lowest BCUT2D eigenvalue weighted by Gasteiger charge is -2.37. The van der Waals surface area contributed by atoms with Crippen molar-refractivity contribution in [2.24, 2.45) is 5.92 Å². The smallest absolute Gasteiger partial charge is 0.278 e. The quantitative estimate of drug-likeness (QED) is 0.924. The fourth-order valence-corrected chi connectivity index (χ4v) is 2.73. The Morgan fingerprint density at radius 3 is 2.91 bits per heavy atom. The molecule has 0 aliphatic carbocycles. The maximum atomic E-state index is 12.9. The summed E-state index contributed by atoms with van der Waals surface area (Å²) in [4.78, 5) is 22.5. The number of aromatic nitrogens is 2. The molecule has 0 saturated carbocycles. The molecule has 0 unspecified atom stereocenters. The van der Waals surface area contributed by atoms with Crippen LogP contribution in [0.4, 0.5) is 11.4 Å². The van der Waals surface area contributed by atoms with Gasteiger partial charge in [-0.2, -0.15) is 0 Å². The van der Waals surface area contributed by atoms with Gasteiger partial charge in [-0.25, -0.2) is 9.97 Å². The van der Waals surface area contributed by atoms with E-state index in [0.29, 0.717) is 12.5 Å². The standard InChI is InChI=1S/C16H17ClN4O/c1-10(2)13-8-21(14-6-4-3-5-12(14)20-13)16(22)15-11(17)7-18-9-19-15/h3-7,9-10,13,20H,8H2,1-2H3/t13-/m0/s1. The summed E-state index contributed by atoms with van der Waals surface area (Å²) in [6.45, 7) is 4.84. The predicted molar refractivity (Wildman–Crippen MR) is 87.4 cm³/mol. The van der Waals surface area contributed by atoms with Crippen molar-refractivity contribution in [3.8, 4) is 0 Å². The van der Waals surface area contributed by atoms with Gasteiger partial charge in [0.2, 0.25) is 0 Å². The Hall–Kier alpha value is -2.14. The molecular formula is C16H17ClN4O. The molecule has 1 aliphatic rings. The molecule has 0 spiro atoms. The second-order valence-electron chi connectivity index (χ2n) is 5.65. The van der Waals surface area contributed by atoms with E-state index in [-0.39, 0.29) is 22.7 Å². The minimum Gasteiger partial charge on any atom is -0.379 e. The van der Waals surface area contributed by atoms with Crippen molar-refractivity contribution in [1.82, 2.24) is 9.97 Å². The van der Waals surface area contributed by atoms with Crippen LogP contribution in [0.25, 0.3) is 0 Å². The molecule has 22 heavy (non-hydrogen) atoms. The molecule has 0 bridgehead atoms. The second-order valence-corrected chi connectivity index (χ2v) is 6.05. The van der Waals surface area contributed by atoms with E-state index < -0.39 is 0 Å². The van der Waals surface area contributed by atoms with Gasteiger partial charge in [0.05, 0.1) is 16.4 Å². The number of nitrogens with one attached hydrogen (secondary N) is 1. The summed E-state index contributed by atoms with van der Waals surface area (Å²) >= 11 is 6.08. The summed E-state index contributed by atoms with van der Waals surface area (Å²) in [5, 5.41) is 3.76. The van der Waals surface area contributed by atoms with Crippen LogP contribution in [0.5, 0.6) is 0 Å². The first kappa shape index (κ1) is 14.8. The van der Waals surface area contributed by atoms with Gasteiger partial charge < -0.3 is 10.2 Å². The molecule has 1 aromatic carbocycles. The molecule has 114 valence electrons. The number of fused-ring (bicyclic) bond motifs is 1. The monoisotopic (exact) mass is 316 g/mol. The second kappa shape index (κ2) is 5.93. The molecule has 6 heteroatoms. The Balaban J connectivity index is 2.02. The largest absolute Gasteiger partial charge is 0.379 e. The number of halogens is 1. The number of carbonyl (C=O) groups is 1. The van der Waals surface area contributed by atoms with Crippen molar-refractivity contribution in [2.45, 2.75) is 19.9 Å². The van der Waals surface area contributed by atoms with E-state index in [1.807, 2.05) is 24.3 Å². The number of rotatable bonds is 2. The van der Waals surface area contributed by atoms with Crippen molar-refractivity contribution in [1.29, 1.82) is 0 Å². The first-order valence-corrected chi connectivity index (χ1v) is 7.58. The molecule has 0 radical (unpaired) electrons. The molecule has 1 atom stereocenters. The Labute approximate surface area is 134 Å². The number of anilines is 2. The normalized spacial score (nSPS) is 17.1. The van der Waals surface area contributed by atoms with E-state index in [9.17, 15) is 4.79 Å². The summed E-state index contributed by atoms with van der Waals surface area (Å²) in [6.07, 6.45) is 2.78. The van der Waals surface area contributed by atoms with Crippen LogP contribution in [0.1, 0.15) is 24.3 Å². The van der Waals surface area contributed by atoms with Crippen LogP contribution in [0.15, 0.2) is 36.8 Å². The van der Waals surface area contributed by atoms with Gasteiger partial charge in [0.25, 0.3) is 5.91 Å². The van der Waals surface area contributed by atoms with Crippen LogP contribution in [0.2, 0.25) is 5.02 Å². The van der Waals surface area contributed by atoms with Crippen LogP contribution >= 0.6 is 11.6 Å². The molecule has 1 amide bonds. The van der Waals surface area contributed by atoms with Crippen molar-refractivity contribution in [3.63, 3.8) is 0 Å². The topological polar surface area (TPSA) is 58.1 Å². The third-order valence-corrected chi connectivity index (χ3v) is 4.11. The number of amides is 1. The summed E-state index contributed by atoms with van der Waals surface area (Å²) in [5.74, 6) is 0.191. The maximum absolute atomic E-state index is 12.9. The Bertz CT molecular complexity index is 704. The van der Waals surface area contributed by atoms with Gasteiger partial charge in [0.1, 0.15) is 6.33 Å². The fourth-order valence-electron chi connectivity index (χ4n) is 2.54. The molecule has 1 aliphatic heterocycles. The molecule has 1 N–H and O–H groups in total. The Kier molecular flexibility index (Phi) is 3.98. The highest BCUT2D eigenvalue weighted by Crippen LogP contribution is 2.33. The third kappa shape index (κ3) is 2.64. The van der Waals surface area contributed by atoms with Gasteiger partial charge in [-0.3, -0.25) is 4.79 Å². The van der Waals surface area contributed by atoms with Crippen LogP contribution in [0, 0.1) is 5.92 Å². The number of para-hydroxylation sites is 2. The van der Waals surface area contributed by atoms with E-state index in [1.165, 1.54) is 12.5 Å². The van der Waals surface area contributed by atoms with E-state index in [1.54, 1.807) is 4.90 Å². The average molecular weight is 317 g/mol. The number of carbonyl (C=O) groups excluding carboxylic acids is 1. The van der Waals surface area contributed by atoms with Crippen molar-refractivity contribution >= 4 is 28.9 Å². The summed E-state index contributed by atoms with van der Waals surface area (Å²) in [6, 6.07) is 7.95. The van der Waals surface area contributed by atoms with Gasteiger partial charge in [0, 0.05) is 18.8 Å².